The van der Waals surface area contributed by atoms with Crippen LogP contribution >= 0.6 is 0 Å². The molecule has 0 saturated heterocycles. The highest BCUT2D eigenvalue weighted by Gasteiger charge is 2.24. The molecule has 4 rings (SSSR count). The smallest absolute Gasteiger partial charge is 0.297 e. The summed E-state index contributed by atoms with van der Waals surface area (Å²) in [4.78, 5) is 10.1. The van der Waals surface area contributed by atoms with E-state index in [2.05, 4.69) is 16.0 Å². The van der Waals surface area contributed by atoms with Crippen LogP contribution in [0.2, 0.25) is 0 Å². The van der Waals surface area contributed by atoms with Crippen LogP contribution in [0.4, 0.5) is 20.3 Å². The molecule has 110 valence electrons. The maximum atomic E-state index is 13.1. The maximum Gasteiger partial charge on any atom is 0.297 e. The van der Waals surface area contributed by atoms with Gasteiger partial charge in [0.25, 0.3) is 6.43 Å². The molecular formula is C17H13F2N3. The number of alkyl halides is 2. The number of halogens is 2. The van der Waals surface area contributed by atoms with Crippen molar-refractivity contribution in [1.29, 1.82) is 0 Å². The number of rotatable bonds is 2. The van der Waals surface area contributed by atoms with Crippen molar-refractivity contribution in [1.82, 2.24) is 9.97 Å². The predicted molar refractivity (Wildman–Crippen MR) is 81.6 cm³/mol. The zero-order chi connectivity index (χ0) is 15.1. The van der Waals surface area contributed by atoms with Crippen LogP contribution < -0.4 is 4.90 Å². The molecule has 3 nitrogen and oxygen atoms in total. The van der Waals surface area contributed by atoms with Gasteiger partial charge in [-0.3, -0.25) is 0 Å². The van der Waals surface area contributed by atoms with E-state index in [1.54, 1.807) is 12.1 Å². The molecule has 0 unspecified atom stereocenters. The van der Waals surface area contributed by atoms with Gasteiger partial charge < -0.3 is 4.90 Å². The first-order chi connectivity index (χ1) is 10.7. The molecule has 0 bridgehead atoms. The lowest BCUT2D eigenvalue weighted by Crippen LogP contribution is -2.16. The Morgan fingerprint density at radius 1 is 0.955 bits per heavy atom. The summed E-state index contributed by atoms with van der Waals surface area (Å²) in [5, 5.41) is 0.795. The number of para-hydroxylation sites is 2. The van der Waals surface area contributed by atoms with Gasteiger partial charge in [-0.1, -0.05) is 30.3 Å². The Morgan fingerprint density at radius 2 is 1.73 bits per heavy atom. The van der Waals surface area contributed by atoms with Crippen LogP contribution in [0.25, 0.3) is 10.9 Å². The Morgan fingerprint density at radius 3 is 2.59 bits per heavy atom. The third kappa shape index (κ3) is 2.01. The number of hydrogen-bond acceptors (Lipinski definition) is 3. The zero-order valence-corrected chi connectivity index (χ0v) is 11.7. The van der Waals surface area contributed by atoms with Gasteiger partial charge >= 0.3 is 0 Å². The van der Waals surface area contributed by atoms with Crippen molar-refractivity contribution in [3.8, 4) is 0 Å². The molecule has 0 radical (unpaired) electrons. The van der Waals surface area contributed by atoms with E-state index >= 15 is 0 Å². The molecule has 0 aliphatic carbocycles. The SMILES string of the molecule is FC(F)c1nc(N2CCc3ccccc32)c2ccccc2n1. The topological polar surface area (TPSA) is 29.0 Å². The first-order valence-electron chi connectivity index (χ1n) is 7.14. The fourth-order valence-electron chi connectivity index (χ4n) is 2.94. The van der Waals surface area contributed by atoms with Gasteiger partial charge in [0.1, 0.15) is 5.82 Å². The normalized spacial score (nSPS) is 13.9. The Bertz CT molecular complexity index is 848. The fraction of sp³-hybridized carbons (Fsp3) is 0.176. The summed E-state index contributed by atoms with van der Waals surface area (Å²) in [7, 11) is 0. The van der Waals surface area contributed by atoms with Crippen LogP contribution in [0.1, 0.15) is 17.8 Å². The highest BCUT2D eigenvalue weighted by molar-refractivity contribution is 5.92. The number of nitrogens with zero attached hydrogens (tertiary/aromatic N) is 3. The van der Waals surface area contributed by atoms with Crippen molar-refractivity contribution in [2.24, 2.45) is 0 Å². The third-order valence-electron chi connectivity index (χ3n) is 3.94. The summed E-state index contributed by atoms with van der Waals surface area (Å²) >= 11 is 0. The van der Waals surface area contributed by atoms with Gasteiger partial charge in [0.05, 0.1) is 5.52 Å². The zero-order valence-electron chi connectivity index (χ0n) is 11.7. The van der Waals surface area contributed by atoms with Crippen molar-refractivity contribution in [2.45, 2.75) is 12.8 Å². The number of hydrogen-bond donors (Lipinski definition) is 0. The molecule has 22 heavy (non-hydrogen) atoms. The molecule has 2 aromatic carbocycles. The largest absolute Gasteiger partial charge is 0.325 e. The summed E-state index contributed by atoms with van der Waals surface area (Å²) in [5.74, 6) is 0.143. The van der Waals surface area contributed by atoms with E-state index in [4.69, 9.17) is 0 Å². The lowest BCUT2D eigenvalue weighted by atomic mass is 10.2. The molecule has 0 atom stereocenters. The third-order valence-corrected chi connectivity index (χ3v) is 3.94. The van der Waals surface area contributed by atoms with Gasteiger partial charge in [0.2, 0.25) is 0 Å². The highest BCUT2D eigenvalue weighted by atomic mass is 19.3. The predicted octanol–water partition coefficient (Wildman–Crippen LogP) is 4.26. The van der Waals surface area contributed by atoms with Crippen molar-refractivity contribution >= 4 is 22.4 Å². The second-order valence-corrected chi connectivity index (χ2v) is 5.25. The lowest BCUT2D eigenvalue weighted by Gasteiger charge is -2.20. The summed E-state index contributed by atoms with van der Waals surface area (Å²) < 4.78 is 26.2. The van der Waals surface area contributed by atoms with Gasteiger partial charge in [0, 0.05) is 17.6 Å². The molecule has 5 heteroatoms. The highest BCUT2D eigenvalue weighted by Crippen LogP contribution is 2.37. The second-order valence-electron chi connectivity index (χ2n) is 5.25. The average Bonchev–Trinajstić information content (AvgIpc) is 2.97. The Balaban J connectivity index is 1.95. The van der Waals surface area contributed by atoms with E-state index in [-0.39, 0.29) is 0 Å². The Hall–Kier alpha value is -2.56. The van der Waals surface area contributed by atoms with Crippen LogP contribution in [-0.4, -0.2) is 16.5 Å². The van der Waals surface area contributed by atoms with Gasteiger partial charge in [-0.25, -0.2) is 18.7 Å². The van der Waals surface area contributed by atoms with Gasteiger partial charge in [-0.05, 0) is 30.2 Å². The van der Waals surface area contributed by atoms with Gasteiger partial charge in [-0.2, -0.15) is 0 Å². The minimum atomic E-state index is -2.68. The molecule has 1 aliphatic heterocycles. The van der Waals surface area contributed by atoms with E-state index < -0.39 is 12.2 Å². The van der Waals surface area contributed by atoms with Crippen molar-refractivity contribution in [3.05, 3.63) is 59.9 Å². The Labute approximate surface area is 126 Å². The second kappa shape index (κ2) is 5.02. The monoisotopic (exact) mass is 297 g/mol. The standard InChI is InChI=1S/C17H13F2N3/c18-15(19)16-20-13-7-3-2-6-12(13)17(21-16)22-10-9-11-5-1-4-8-14(11)22/h1-8,15H,9-10H2. The van der Waals surface area contributed by atoms with Crippen LogP contribution in [-0.2, 0) is 6.42 Å². The minimum Gasteiger partial charge on any atom is -0.325 e. The average molecular weight is 297 g/mol. The van der Waals surface area contributed by atoms with Crippen LogP contribution in [0.3, 0.4) is 0 Å². The number of anilines is 2. The molecule has 0 amide bonds. The first-order valence-corrected chi connectivity index (χ1v) is 7.14. The summed E-state index contributed by atoms with van der Waals surface area (Å²) in [6, 6.07) is 15.3. The molecule has 0 N–H and O–H groups in total. The van der Waals surface area contributed by atoms with E-state index in [0.29, 0.717) is 11.3 Å². The van der Waals surface area contributed by atoms with Crippen molar-refractivity contribution in [2.75, 3.05) is 11.4 Å². The van der Waals surface area contributed by atoms with E-state index in [1.165, 1.54) is 5.56 Å². The summed E-state index contributed by atoms with van der Waals surface area (Å²) in [6.45, 7) is 0.739. The Kier molecular flexibility index (Phi) is 2.99. The quantitative estimate of drug-likeness (QED) is 0.707. The number of fused-ring (bicyclic) bond motifs is 2. The summed E-state index contributed by atoms with van der Waals surface area (Å²) in [6.07, 6.45) is -1.79. The molecule has 3 aromatic rings. The number of aromatic nitrogens is 2. The van der Waals surface area contributed by atoms with Gasteiger partial charge in [0.15, 0.2) is 5.82 Å². The van der Waals surface area contributed by atoms with Crippen molar-refractivity contribution in [3.63, 3.8) is 0 Å². The fourth-order valence-corrected chi connectivity index (χ4v) is 2.94. The van der Waals surface area contributed by atoms with Gasteiger partial charge in [-0.15, -0.1) is 0 Å². The van der Waals surface area contributed by atoms with E-state index in [1.807, 2.05) is 35.2 Å². The van der Waals surface area contributed by atoms with Crippen LogP contribution in [0.5, 0.6) is 0 Å². The number of benzene rings is 2. The molecule has 1 aliphatic rings. The summed E-state index contributed by atoms with van der Waals surface area (Å²) in [5.41, 5.74) is 2.79. The van der Waals surface area contributed by atoms with Crippen LogP contribution in [0.15, 0.2) is 48.5 Å². The van der Waals surface area contributed by atoms with E-state index in [9.17, 15) is 8.78 Å². The van der Waals surface area contributed by atoms with Crippen molar-refractivity contribution < 1.29 is 8.78 Å². The molecule has 0 saturated carbocycles. The minimum absolute atomic E-state index is 0.418. The molecule has 1 aromatic heterocycles. The lowest BCUT2D eigenvalue weighted by molar-refractivity contribution is 0.141. The molecule has 0 spiro atoms. The van der Waals surface area contributed by atoms with Crippen LogP contribution in [0, 0.1) is 0 Å². The molecule has 0 fully saturated rings. The maximum absolute atomic E-state index is 13.1. The first kappa shape index (κ1) is 13.1. The van der Waals surface area contributed by atoms with E-state index in [0.717, 1.165) is 24.0 Å². The molecular weight excluding hydrogens is 284 g/mol. The molecule has 2 heterocycles.